The van der Waals surface area contributed by atoms with Gasteiger partial charge in [-0.15, -0.1) is 0 Å². The summed E-state index contributed by atoms with van der Waals surface area (Å²) in [5.74, 6) is -0.968. The van der Waals surface area contributed by atoms with Gasteiger partial charge in [-0.05, 0) is 26.6 Å². The lowest BCUT2D eigenvalue weighted by molar-refractivity contribution is -0.136. The highest BCUT2D eigenvalue weighted by atomic mass is 32.2. The summed E-state index contributed by atoms with van der Waals surface area (Å²) in [6.45, 7) is 10.5. The number of oxime groups is 1. The molecule has 0 N–H and O–H groups in total. The Hall–Kier alpha value is -1.35. The summed E-state index contributed by atoms with van der Waals surface area (Å²) in [5, 5.41) is 3.49. The van der Waals surface area contributed by atoms with Gasteiger partial charge in [0.1, 0.15) is 12.9 Å². The second-order valence-electron chi connectivity index (χ2n) is 5.06. The fourth-order valence-electron chi connectivity index (χ4n) is 1.01. The van der Waals surface area contributed by atoms with Gasteiger partial charge < -0.3 is 14.0 Å². The highest BCUT2D eigenvalue weighted by Gasteiger charge is 2.28. The van der Waals surface area contributed by atoms with E-state index in [-0.39, 0.29) is 11.5 Å². The zero-order valence-corrected chi connectivity index (χ0v) is 14.4. The molecule has 0 radical (unpaired) electrons. The van der Waals surface area contributed by atoms with Gasteiger partial charge in [0.05, 0.1) is 0 Å². The number of rotatable bonds is 7. The van der Waals surface area contributed by atoms with Crippen molar-refractivity contribution in [1.29, 1.82) is 0 Å². The normalized spacial score (nSPS) is 14.4. The maximum absolute atomic E-state index is 11.9. The topological polar surface area (TPSA) is 91.3 Å². The second-order valence-corrected chi connectivity index (χ2v) is 11.8. The summed E-state index contributed by atoms with van der Waals surface area (Å²) in [4.78, 5) is 16.4. The summed E-state index contributed by atoms with van der Waals surface area (Å²) < 4.78 is 32.8. The van der Waals surface area contributed by atoms with Crippen molar-refractivity contribution in [2.24, 2.45) is 5.16 Å². The molecule has 0 fully saturated rings. The van der Waals surface area contributed by atoms with E-state index in [9.17, 15) is 13.2 Å². The van der Waals surface area contributed by atoms with Gasteiger partial charge in [-0.25, -0.2) is 13.2 Å². The van der Waals surface area contributed by atoms with Crippen molar-refractivity contribution in [3.8, 4) is 0 Å². The molecule has 0 amide bonds. The van der Waals surface area contributed by atoms with Crippen LogP contribution in [-0.2, 0) is 28.6 Å². The molecular formula is C11H21NO6SSi. The van der Waals surface area contributed by atoms with Gasteiger partial charge in [-0.3, -0.25) is 0 Å². The SMILES string of the molecule is C=C(O[Si](C)(C)C)/C(=N\OC)C(=O)OC(C)S(C)(=O)=O. The first-order chi connectivity index (χ1) is 8.88. The molecule has 1 atom stereocenters. The van der Waals surface area contributed by atoms with Gasteiger partial charge in [0.15, 0.2) is 15.3 Å². The van der Waals surface area contributed by atoms with Crippen LogP contribution in [0.15, 0.2) is 17.5 Å². The van der Waals surface area contributed by atoms with Crippen molar-refractivity contribution in [2.75, 3.05) is 13.4 Å². The Morgan fingerprint density at radius 3 is 2.15 bits per heavy atom. The molecule has 0 aromatic carbocycles. The molecule has 1 unspecified atom stereocenters. The number of hydrogen-bond acceptors (Lipinski definition) is 7. The van der Waals surface area contributed by atoms with Crippen LogP contribution in [0.3, 0.4) is 0 Å². The minimum atomic E-state index is -3.51. The monoisotopic (exact) mass is 323 g/mol. The van der Waals surface area contributed by atoms with Crippen LogP contribution in [0.25, 0.3) is 0 Å². The standard InChI is InChI=1S/C11H21NO6SSi/c1-8(18-20(5,6)7)10(12-16-3)11(13)17-9(2)19(4,14)15/h9H,1H2,2-7H3/b12-10+. The molecule has 9 heteroatoms. The predicted molar refractivity (Wildman–Crippen MR) is 78.4 cm³/mol. The van der Waals surface area contributed by atoms with Gasteiger partial charge in [-0.1, -0.05) is 11.7 Å². The third-order valence-corrected chi connectivity index (χ3v) is 4.11. The number of carbonyl (C=O) groups excluding carboxylic acids is 1. The summed E-state index contributed by atoms with van der Waals surface area (Å²) >= 11 is 0. The molecule has 0 aromatic rings. The Labute approximate surface area is 120 Å². The smallest absolute Gasteiger partial charge is 0.365 e. The fourth-order valence-corrected chi connectivity index (χ4v) is 2.10. The van der Waals surface area contributed by atoms with E-state index in [2.05, 4.69) is 16.6 Å². The first-order valence-corrected chi connectivity index (χ1v) is 11.1. The predicted octanol–water partition coefficient (Wildman–Crippen LogP) is 1.29. The van der Waals surface area contributed by atoms with E-state index >= 15 is 0 Å². The van der Waals surface area contributed by atoms with Crippen LogP contribution in [0.4, 0.5) is 0 Å². The maximum atomic E-state index is 11.9. The minimum absolute atomic E-state index is 0.00304. The molecule has 0 rings (SSSR count). The lowest BCUT2D eigenvalue weighted by Crippen LogP contribution is -2.33. The molecule has 7 nitrogen and oxygen atoms in total. The van der Waals surface area contributed by atoms with E-state index < -0.39 is 29.6 Å². The van der Waals surface area contributed by atoms with Crippen molar-refractivity contribution in [2.45, 2.75) is 32.0 Å². The van der Waals surface area contributed by atoms with Crippen molar-refractivity contribution in [3.63, 3.8) is 0 Å². The number of esters is 1. The Morgan fingerprint density at radius 2 is 1.80 bits per heavy atom. The molecule has 0 heterocycles. The number of nitrogens with zero attached hydrogens (tertiary/aromatic N) is 1. The van der Waals surface area contributed by atoms with Crippen molar-refractivity contribution < 1.29 is 27.2 Å². The molecular weight excluding hydrogens is 302 g/mol. The quantitative estimate of drug-likeness (QED) is 0.230. The van der Waals surface area contributed by atoms with E-state index in [1.54, 1.807) is 0 Å². The average molecular weight is 323 g/mol. The van der Waals surface area contributed by atoms with Crippen LogP contribution < -0.4 is 0 Å². The summed E-state index contributed by atoms with van der Waals surface area (Å²) in [6.07, 6.45) is 0.964. The minimum Gasteiger partial charge on any atom is -0.543 e. The fraction of sp³-hybridized carbons (Fsp3) is 0.636. The molecule has 0 bridgehead atoms. The Bertz CT molecular complexity index is 505. The van der Waals surface area contributed by atoms with Crippen molar-refractivity contribution in [3.05, 3.63) is 12.3 Å². The third kappa shape index (κ3) is 6.71. The molecule has 0 saturated heterocycles. The average Bonchev–Trinajstić information content (AvgIpc) is 2.21. The lowest BCUT2D eigenvalue weighted by Gasteiger charge is -2.21. The number of hydrogen-bond donors (Lipinski definition) is 0. The Kier molecular flexibility index (Phi) is 6.42. The van der Waals surface area contributed by atoms with Crippen LogP contribution in [-0.4, -0.2) is 47.2 Å². The van der Waals surface area contributed by atoms with Gasteiger partial charge in [0.25, 0.3) is 0 Å². The third-order valence-electron chi connectivity index (χ3n) is 1.95. The molecule has 0 aliphatic heterocycles. The number of sulfone groups is 1. The maximum Gasteiger partial charge on any atom is 0.365 e. The molecule has 0 aromatic heterocycles. The van der Waals surface area contributed by atoms with Crippen LogP contribution in [0, 0.1) is 0 Å². The van der Waals surface area contributed by atoms with E-state index in [0.29, 0.717) is 0 Å². The van der Waals surface area contributed by atoms with Crippen LogP contribution in [0.5, 0.6) is 0 Å². The van der Waals surface area contributed by atoms with Crippen molar-refractivity contribution in [1.82, 2.24) is 0 Å². The molecule has 20 heavy (non-hydrogen) atoms. The molecule has 0 aliphatic rings. The molecule has 0 saturated carbocycles. The Balaban J connectivity index is 5.08. The van der Waals surface area contributed by atoms with E-state index in [1.165, 1.54) is 14.0 Å². The highest BCUT2D eigenvalue weighted by Crippen LogP contribution is 2.12. The zero-order chi connectivity index (χ0) is 16.1. The van der Waals surface area contributed by atoms with Gasteiger partial charge in [-0.2, -0.15) is 0 Å². The largest absolute Gasteiger partial charge is 0.543 e. The molecule has 0 aliphatic carbocycles. The first kappa shape index (κ1) is 18.6. The number of carbonyl (C=O) groups is 1. The summed E-state index contributed by atoms with van der Waals surface area (Å²) in [5.41, 5.74) is -1.58. The van der Waals surface area contributed by atoms with Gasteiger partial charge >= 0.3 is 5.97 Å². The van der Waals surface area contributed by atoms with Crippen LogP contribution in [0.1, 0.15) is 6.92 Å². The molecule has 116 valence electrons. The second kappa shape index (κ2) is 6.89. The lowest BCUT2D eigenvalue weighted by atomic mass is 10.3. The Morgan fingerprint density at radius 1 is 1.30 bits per heavy atom. The summed E-state index contributed by atoms with van der Waals surface area (Å²) in [7, 11) is -4.26. The van der Waals surface area contributed by atoms with E-state index in [0.717, 1.165) is 6.26 Å². The number of ether oxygens (including phenoxy) is 1. The highest BCUT2D eigenvalue weighted by molar-refractivity contribution is 7.91. The molecule has 0 spiro atoms. The zero-order valence-electron chi connectivity index (χ0n) is 12.6. The first-order valence-electron chi connectivity index (χ1n) is 5.77. The van der Waals surface area contributed by atoms with E-state index in [4.69, 9.17) is 9.16 Å². The van der Waals surface area contributed by atoms with Crippen LogP contribution >= 0.6 is 0 Å². The van der Waals surface area contributed by atoms with Gasteiger partial charge in [0, 0.05) is 6.26 Å². The summed E-state index contributed by atoms with van der Waals surface area (Å²) in [6, 6.07) is 0. The van der Waals surface area contributed by atoms with Crippen LogP contribution in [0.2, 0.25) is 19.6 Å². The van der Waals surface area contributed by atoms with E-state index in [1.807, 2.05) is 19.6 Å². The van der Waals surface area contributed by atoms with Gasteiger partial charge in [0.2, 0.25) is 14.0 Å². The van der Waals surface area contributed by atoms with Crippen molar-refractivity contribution >= 4 is 29.8 Å².